The fourth-order valence-electron chi connectivity index (χ4n) is 1.44. The lowest BCUT2D eigenvalue weighted by atomic mass is 10.1. The molecule has 1 aromatic carbocycles. The van der Waals surface area contributed by atoms with Gasteiger partial charge in [0.05, 0.1) is 23.1 Å². The Morgan fingerprint density at radius 2 is 2.24 bits per heavy atom. The summed E-state index contributed by atoms with van der Waals surface area (Å²) in [5.74, 6) is 1.67. The molecule has 1 atom stereocenters. The van der Waals surface area contributed by atoms with Crippen LogP contribution in [0.25, 0.3) is 0 Å². The van der Waals surface area contributed by atoms with E-state index in [0.717, 1.165) is 22.0 Å². The Labute approximate surface area is 110 Å². The highest BCUT2D eigenvalue weighted by molar-refractivity contribution is 7.98. The van der Waals surface area contributed by atoms with E-state index in [9.17, 15) is 5.11 Å². The molecule has 0 aliphatic rings. The molecular weight excluding hydrogens is 256 g/mol. The maximum absolute atomic E-state index is 9.44. The summed E-state index contributed by atoms with van der Waals surface area (Å²) < 4.78 is 5.25. The van der Waals surface area contributed by atoms with Gasteiger partial charge in [-0.3, -0.25) is 0 Å². The first-order valence-corrected chi connectivity index (χ1v) is 6.66. The Kier molecular flexibility index (Phi) is 4.15. The van der Waals surface area contributed by atoms with Crippen molar-refractivity contribution in [3.8, 4) is 0 Å². The second-order valence-corrected chi connectivity index (χ2v) is 5.16. The molecule has 1 N–H and O–H groups in total. The minimum absolute atomic E-state index is 0.489. The molecule has 2 aromatic rings. The van der Waals surface area contributed by atoms with E-state index in [2.05, 4.69) is 0 Å². The Bertz CT molecular complexity index is 480. The van der Waals surface area contributed by atoms with Crippen LogP contribution in [0.15, 0.2) is 45.9 Å². The minimum Gasteiger partial charge on any atom is -0.468 e. The summed E-state index contributed by atoms with van der Waals surface area (Å²) in [5.41, 5.74) is 0.831. The number of benzene rings is 1. The number of aliphatic hydroxyl groups is 1. The van der Waals surface area contributed by atoms with E-state index in [1.165, 1.54) is 0 Å². The van der Waals surface area contributed by atoms with Crippen LogP contribution in [0.2, 0.25) is 5.02 Å². The van der Waals surface area contributed by atoms with Crippen LogP contribution in [0.1, 0.15) is 24.4 Å². The van der Waals surface area contributed by atoms with Crippen LogP contribution in [-0.4, -0.2) is 5.11 Å². The lowest BCUT2D eigenvalue weighted by molar-refractivity contribution is 0.199. The summed E-state index contributed by atoms with van der Waals surface area (Å²) in [5, 5.41) is 10.1. The molecule has 0 aliphatic carbocycles. The highest BCUT2D eigenvalue weighted by atomic mass is 35.5. The number of halogens is 1. The number of hydrogen-bond donors (Lipinski definition) is 1. The zero-order valence-electron chi connectivity index (χ0n) is 9.39. The van der Waals surface area contributed by atoms with E-state index >= 15 is 0 Å². The smallest absolute Gasteiger partial charge is 0.113 e. The fourth-order valence-corrected chi connectivity index (χ4v) is 2.61. The van der Waals surface area contributed by atoms with Gasteiger partial charge < -0.3 is 9.52 Å². The first-order valence-electron chi connectivity index (χ1n) is 5.29. The monoisotopic (exact) mass is 268 g/mol. The molecule has 90 valence electrons. The van der Waals surface area contributed by atoms with Crippen molar-refractivity contribution in [2.24, 2.45) is 0 Å². The third-order valence-electron chi connectivity index (χ3n) is 2.39. The first-order chi connectivity index (χ1) is 8.16. The summed E-state index contributed by atoms with van der Waals surface area (Å²) in [6.45, 7) is 1.72. The van der Waals surface area contributed by atoms with E-state index in [1.54, 1.807) is 31.0 Å². The minimum atomic E-state index is -0.489. The van der Waals surface area contributed by atoms with Crippen LogP contribution in [0, 0.1) is 0 Å². The number of thioether (sulfide) groups is 1. The van der Waals surface area contributed by atoms with E-state index in [1.807, 2.05) is 24.3 Å². The van der Waals surface area contributed by atoms with Gasteiger partial charge in [0.2, 0.25) is 0 Å². The van der Waals surface area contributed by atoms with Crippen LogP contribution in [0.3, 0.4) is 0 Å². The van der Waals surface area contributed by atoms with Gasteiger partial charge in [-0.15, -0.1) is 11.8 Å². The topological polar surface area (TPSA) is 33.4 Å². The molecule has 0 amide bonds. The van der Waals surface area contributed by atoms with E-state index in [4.69, 9.17) is 16.0 Å². The number of hydrogen-bond acceptors (Lipinski definition) is 3. The zero-order valence-corrected chi connectivity index (χ0v) is 11.0. The molecule has 1 heterocycles. The highest BCUT2D eigenvalue weighted by Gasteiger charge is 2.07. The molecule has 0 aliphatic heterocycles. The summed E-state index contributed by atoms with van der Waals surface area (Å²) in [6, 6.07) is 9.43. The third kappa shape index (κ3) is 3.28. The molecule has 4 heteroatoms. The van der Waals surface area contributed by atoms with Gasteiger partial charge in [0.15, 0.2) is 0 Å². The molecule has 0 fully saturated rings. The van der Waals surface area contributed by atoms with Crippen LogP contribution in [0.4, 0.5) is 0 Å². The van der Waals surface area contributed by atoms with Crippen molar-refractivity contribution in [2.45, 2.75) is 23.7 Å². The van der Waals surface area contributed by atoms with Crippen molar-refractivity contribution < 1.29 is 9.52 Å². The Morgan fingerprint density at radius 3 is 2.82 bits per heavy atom. The second-order valence-electron chi connectivity index (χ2n) is 3.73. The van der Waals surface area contributed by atoms with Crippen LogP contribution >= 0.6 is 23.4 Å². The van der Waals surface area contributed by atoms with Gasteiger partial charge in [0, 0.05) is 4.90 Å². The van der Waals surface area contributed by atoms with Gasteiger partial charge >= 0.3 is 0 Å². The van der Waals surface area contributed by atoms with Crippen molar-refractivity contribution in [3.63, 3.8) is 0 Å². The number of rotatable bonds is 4. The molecular formula is C13H13ClO2S. The van der Waals surface area contributed by atoms with Gasteiger partial charge in [-0.1, -0.05) is 17.7 Å². The Balaban J connectivity index is 2.06. The van der Waals surface area contributed by atoms with Crippen molar-refractivity contribution in [1.29, 1.82) is 0 Å². The average Bonchev–Trinajstić information content (AvgIpc) is 2.80. The number of furan rings is 1. The quantitative estimate of drug-likeness (QED) is 0.841. The normalized spacial score (nSPS) is 12.6. The standard InChI is InChI=1S/C13H13ClO2S/c1-9(15)10-4-5-13(12(14)7-10)17-8-11-3-2-6-16-11/h2-7,9,15H,8H2,1H3/t9-/m0/s1. The van der Waals surface area contributed by atoms with Crippen LogP contribution in [-0.2, 0) is 5.75 Å². The zero-order chi connectivity index (χ0) is 12.3. The van der Waals surface area contributed by atoms with Gasteiger partial charge in [0.1, 0.15) is 5.76 Å². The van der Waals surface area contributed by atoms with Gasteiger partial charge in [-0.2, -0.15) is 0 Å². The molecule has 17 heavy (non-hydrogen) atoms. The molecule has 0 bridgehead atoms. The van der Waals surface area contributed by atoms with Gasteiger partial charge in [-0.25, -0.2) is 0 Å². The Hall–Kier alpha value is -0.900. The predicted octanol–water partition coefficient (Wildman–Crippen LogP) is 4.28. The van der Waals surface area contributed by atoms with Gasteiger partial charge in [0.25, 0.3) is 0 Å². The SMILES string of the molecule is C[C@H](O)c1ccc(SCc2ccco2)c(Cl)c1. The molecule has 2 nitrogen and oxygen atoms in total. The van der Waals surface area contributed by atoms with Crippen molar-refractivity contribution in [3.05, 3.63) is 52.9 Å². The van der Waals surface area contributed by atoms with Crippen LogP contribution < -0.4 is 0 Å². The summed E-state index contributed by atoms with van der Waals surface area (Å²) in [6.07, 6.45) is 1.17. The largest absolute Gasteiger partial charge is 0.468 e. The summed E-state index contributed by atoms with van der Waals surface area (Å²) in [7, 11) is 0. The molecule has 2 rings (SSSR count). The molecule has 0 spiro atoms. The lowest BCUT2D eigenvalue weighted by Crippen LogP contribution is -1.90. The molecule has 0 saturated carbocycles. The molecule has 0 unspecified atom stereocenters. The van der Waals surface area contributed by atoms with E-state index in [-0.39, 0.29) is 0 Å². The molecule has 0 saturated heterocycles. The van der Waals surface area contributed by atoms with Crippen LogP contribution in [0.5, 0.6) is 0 Å². The second kappa shape index (κ2) is 5.63. The van der Waals surface area contributed by atoms with Gasteiger partial charge in [-0.05, 0) is 36.8 Å². The molecule has 0 radical (unpaired) electrons. The van der Waals surface area contributed by atoms with Crippen molar-refractivity contribution in [2.75, 3.05) is 0 Å². The summed E-state index contributed by atoms with van der Waals surface area (Å²) >= 11 is 7.77. The highest BCUT2D eigenvalue weighted by Crippen LogP contribution is 2.31. The van der Waals surface area contributed by atoms with E-state index < -0.39 is 6.10 Å². The predicted molar refractivity (Wildman–Crippen MR) is 70.4 cm³/mol. The third-order valence-corrected chi connectivity index (χ3v) is 3.91. The maximum atomic E-state index is 9.44. The van der Waals surface area contributed by atoms with Crippen molar-refractivity contribution in [1.82, 2.24) is 0 Å². The van der Waals surface area contributed by atoms with E-state index in [0.29, 0.717) is 5.02 Å². The summed E-state index contributed by atoms with van der Waals surface area (Å²) in [4.78, 5) is 0.993. The van der Waals surface area contributed by atoms with Crippen molar-refractivity contribution >= 4 is 23.4 Å². The number of aliphatic hydroxyl groups excluding tert-OH is 1. The fraction of sp³-hybridized carbons (Fsp3) is 0.231. The maximum Gasteiger partial charge on any atom is 0.113 e. The molecule has 1 aromatic heterocycles. The Morgan fingerprint density at radius 1 is 1.41 bits per heavy atom. The first kappa shape index (κ1) is 12.6. The lowest BCUT2D eigenvalue weighted by Gasteiger charge is -2.08. The average molecular weight is 269 g/mol.